The molecule has 0 aromatic rings. The van der Waals surface area contributed by atoms with Crippen molar-refractivity contribution in [3.05, 3.63) is 23.8 Å². The number of hydrogen-bond acceptors (Lipinski definition) is 8. The van der Waals surface area contributed by atoms with E-state index in [0.29, 0.717) is 12.0 Å². The maximum atomic E-state index is 15.2. The number of Topliss-reactive ketones (excluding diaryl/α,β-unsaturated/α-hetero) is 1. The number of carbonyl (C=O) groups excluding carboxylic acids is 2. The van der Waals surface area contributed by atoms with E-state index in [1.54, 1.807) is 19.9 Å². The summed E-state index contributed by atoms with van der Waals surface area (Å²) in [4.78, 5) is 24.4. The molecule has 5 aliphatic rings. The molecule has 3 saturated carbocycles. The van der Waals surface area contributed by atoms with Crippen molar-refractivity contribution in [2.45, 2.75) is 97.6 Å². The zero-order chi connectivity index (χ0) is 27.5. The van der Waals surface area contributed by atoms with Gasteiger partial charge in [-0.2, -0.15) is 0 Å². The van der Waals surface area contributed by atoms with Crippen molar-refractivity contribution in [1.29, 1.82) is 0 Å². The minimum atomic E-state index is -1.74. The Hall–Kier alpha value is -1.49. The van der Waals surface area contributed by atoms with Gasteiger partial charge in [-0.15, -0.1) is 0 Å². The van der Waals surface area contributed by atoms with Crippen molar-refractivity contribution in [3.8, 4) is 0 Å². The van der Waals surface area contributed by atoms with Crippen LogP contribution in [0.3, 0.4) is 0 Å². The zero-order valence-electron chi connectivity index (χ0n) is 22.5. The lowest BCUT2D eigenvalue weighted by atomic mass is 9.46. The van der Waals surface area contributed by atoms with E-state index in [-0.39, 0.29) is 61.2 Å². The van der Waals surface area contributed by atoms with E-state index in [1.165, 1.54) is 12.2 Å². The number of hydrogen-bond donors (Lipinski definition) is 3. The number of halogens is 1. The summed E-state index contributed by atoms with van der Waals surface area (Å²) < 4.78 is 30.6. The van der Waals surface area contributed by atoms with Gasteiger partial charge in [-0.3, -0.25) is 9.59 Å². The number of ketones is 2. The summed E-state index contributed by atoms with van der Waals surface area (Å²) in [5.41, 5.74) is -3.00. The molecule has 0 aromatic carbocycles. The van der Waals surface area contributed by atoms with Gasteiger partial charge in [-0.25, -0.2) is 4.39 Å². The summed E-state index contributed by atoms with van der Waals surface area (Å²) in [7, 11) is 0. The van der Waals surface area contributed by atoms with Crippen molar-refractivity contribution < 1.29 is 43.5 Å². The van der Waals surface area contributed by atoms with Crippen LogP contribution in [0.25, 0.3) is 0 Å². The van der Waals surface area contributed by atoms with E-state index >= 15 is 4.39 Å². The number of aliphatic hydroxyl groups is 3. The van der Waals surface area contributed by atoms with Crippen LogP contribution in [0.1, 0.15) is 60.8 Å². The van der Waals surface area contributed by atoms with Crippen LogP contribution in [0.4, 0.5) is 4.39 Å². The van der Waals surface area contributed by atoms with E-state index < -0.39 is 41.1 Å². The molecule has 9 atom stereocenters. The van der Waals surface area contributed by atoms with Gasteiger partial charge in [-0.1, -0.05) is 26.8 Å². The Morgan fingerprint density at radius 1 is 1.08 bits per heavy atom. The summed E-state index contributed by atoms with van der Waals surface area (Å²) in [5.74, 6) is -1.92. The molecule has 208 valence electrons. The monoisotopic (exact) mass is 524 g/mol. The third kappa shape index (κ3) is 4.45. The molecule has 1 heterocycles. The first-order valence-corrected chi connectivity index (χ1v) is 13.3. The molecule has 37 heavy (non-hydrogen) atoms. The molecule has 4 fully saturated rings. The number of carbonyl (C=O) groups is 2. The molecule has 0 unspecified atom stereocenters. The van der Waals surface area contributed by atoms with E-state index in [1.807, 2.05) is 27.7 Å². The predicted octanol–water partition coefficient (Wildman–Crippen LogP) is 2.84. The Morgan fingerprint density at radius 3 is 2.19 bits per heavy atom. The van der Waals surface area contributed by atoms with Gasteiger partial charge in [0, 0.05) is 16.7 Å². The Kier molecular flexibility index (Phi) is 7.64. The highest BCUT2D eigenvalue weighted by atomic mass is 19.1. The SMILES string of the molecule is CC1OC(C)OC(C)O1.C[C@@H]1C[C@H]2[C@@H]3C[C@H](F)C4=CC(=O)C=C[C@]4(C)[C@H]3[C@@H](O)C[C@]2(C)[C@@]1(O)C(=O)CO. The van der Waals surface area contributed by atoms with Crippen LogP contribution in [0.15, 0.2) is 23.8 Å². The maximum absolute atomic E-state index is 15.2. The Labute approximate surface area is 217 Å². The highest BCUT2D eigenvalue weighted by molar-refractivity contribution is 6.01. The molecular formula is C28H41FO8. The van der Waals surface area contributed by atoms with Gasteiger partial charge < -0.3 is 29.5 Å². The molecule has 3 N–H and O–H groups in total. The van der Waals surface area contributed by atoms with Crippen molar-refractivity contribution in [2.24, 2.45) is 34.5 Å². The molecule has 0 bridgehead atoms. The van der Waals surface area contributed by atoms with E-state index in [2.05, 4.69) is 0 Å². The van der Waals surface area contributed by atoms with Gasteiger partial charge in [0.1, 0.15) is 18.4 Å². The largest absolute Gasteiger partial charge is 0.393 e. The van der Waals surface area contributed by atoms with Crippen molar-refractivity contribution in [1.82, 2.24) is 0 Å². The smallest absolute Gasteiger partial charge is 0.190 e. The minimum absolute atomic E-state index is 0.135. The van der Waals surface area contributed by atoms with E-state index in [0.717, 1.165) is 0 Å². The van der Waals surface area contributed by atoms with Gasteiger partial charge in [-0.05, 0) is 75.5 Å². The molecule has 0 spiro atoms. The first-order valence-electron chi connectivity index (χ1n) is 13.3. The van der Waals surface area contributed by atoms with Crippen LogP contribution >= 0.6 is 0 Å². The predicted molar refractivity (Wildman–Crippen MR) is 132 cm³/mol. The summed E-state index contributed by atoms with van der Waals surface area (Å²) in [6, 6.07) is 0. The van der Waals surface area contributed by atoms with Crippen molar-refractivity contribution >= 4 is 11.6 Å². The Bertz CT molecular complexity index is 956. The van der Waals surface area contributed by atoms with Crippen LogP contribution in [0, 0.1) is 34.5 Å². The minimum Gasteiger partial charge on any atom is -0.393 e. The standard InChI is InChI=1S/C22H29FO5.C6H12O3/c1-11-6-14-13-8-16(23)15-7-12(25)4-5-20(15,2)19(13)17(26)9-21(14,3)22(11,28)18(27)10-24;1-4-7-5(2)9-6(3)8-4/h4-5,7,11,13-14,16-17,19,24,26,28H,6,8-10H2,1-3H3;4-6H,1-3H3/t11-,13+,14+,16+,17+,19-,20+,21+,22+;/m1./s1. The lowest BCUT2D eigenvalue weighted by Crippen LogP contribution is -2.63. The quantitative estimate of drug-likeness (QED) is 0.504. The summed E-state index contributed by atoms with van der Waals surface area (Å²) in [6.45, 7) is 10.3. The topological polar surface area (TPSA) is 123 Å². The van der Waals surface area contributed by atoms with Crippen LogP contribution in [-0.2, 0) is 23.8 Å². The van der Waals surface area contributed by atoms with Gasteiger partial charge >= 0.3 is 0 Å². The molecule has 0 aromatic heterocycles. The molecular weight excluding hydrogens is 483 g/mol. The van der Waals surface area contributed by atoms with Crippen LogP contribution in [0.2, 0.25) is 0 Å². The van der Waals surface area contributed by atoms with Gasteiger partial charge in [0.15, 0.2) is 30.4 Å². The second-order valence-corrected chi connectivity index (χ2v) is 11.9. The third-order valence-corrected chi connectivity index (χ3v) is 9.78. The van der Waals surface area contributed by atoms with Crippen LogP contribution in [0.5, 0.6) is 0 Å². The number of ether oxygens (including phenoxy) is 3. The second-order valence-electron chi connectivity index (χ2n) is 11.9. The summed E-state index contributed by atoms with van der Waals surface area (Å²) in [6.07, 6.45) is 2.89. The number of alkyl halides is 1. The Morgan fingerprint density at radius 2 is 1.65 bits per heavy atom. The van der Waals surface area contributed by atoms with Gasteiger partial charge in [0.05, 0.1) is 6.10 Å². The molecule has 1 saturated heterocycles. The fraction of sp³-hybridized carbons (Fsp3) is 0.786. The average Bonchev–Trinajstić information content (AvgIpc) is 3.00. The normalized spacial score (nSPS) is 50.7. The van der Waals surface area contributed by atoms with Crippen LogP contribution in [-0.4, -0.2) is 70.2 Å². The number of aliphatic hydroxyl groups excluding tert-OH is 2. The molecule has 4 aliphatic carbocycles. The fourth-order valence-corrected chi connectivity index (χ4v) is 8.29. The fourth-order valence-electron chi connectivity index (χ4n) is 8.29. The molecule has 0 radical (unpaired) electrons. The zero-order valence-corrected chi connectivity index (χ0v) is 22.5. The maximum Gasteiger partial charge on any atom is 0.190 e. The number of allylic oxidation sites excluding steroid dienone is 4. The number of fused-ring (bicyclic) bond motifs is 5. The van der Waals surface area contributed by atoms with Crippen molar-refractivity contribution in [2.75, 3.05) is 6.61 Å². The average molecular weight is 525 g/mol. The Balaban J connectivity index is 0.000000301. The highest BCUT2D eigenvalue weighted by Crippen LogP contribution is 2.68. The molecule has 9 heteroatoms. The lowest BCUT2D eigenvalue weighted by molar-refractivity contribution is -0.367. The third-order valence-electron chi connectivity index (χ3n) is 9.78. The molecule has 0 amide bonds. The molecule has 1 aliphatic heterocycles. The molecule has 8 nitrogen and oxygen atoms in total. The lowest BCUT2D eigenvalue weighted by Gasteiger charge is -2.60. The van der Waals surface area contributed by atoms with E-state index in [4.69, 9.17) is 14.2 Å². The first kappa shape index (κ1) is 28.5. The van der Waals surface area contributed by atoms with Gasteiger partial charge in [0.2, 0.25) is 0 Å². The molecule has 5 rings (SSSR count). The van der Waals surface area contributed by atoms with E-state index in [9.17, 15) is 24.9 Å². The van der Waals surface area contributed by atoms with Crippen molar-refractivity contribution in [3.63, 3.8) is 0 Å². The summed E-state index contributed by atoms with van der Waals surface area (Å²) in [5, 5.41) is 32.1. The highest BCUT2D eigenvalue weighted by Gasteiger charge is 2.71. The van der Waals surface area contributed by atoms with Gasteiger partial charge in [0.25, 0.3) is 0 Å². The summed E-state index contributed by atoms with van der Waals surface area (Å²) >= 11 is 0. The first-order chi connectivity index (χ1) is 17.2. The van der Waals surface area contributed by atoms with Crippen LogP contribution < -0.4 is 0 Å². The number of rotatable bonds is 2. The second kappa shape index (κ2) is 9.92.